The zero-order chi connectivity index (χ0) is 23.4. The highest BCUT2D eigenvalue weighted by Crippen LogP contribution is 2.50. The minimum atomic E-state index is -0.969. The van der Waals surface area contributed by atoms with Crippen LogP contribution in [-0.2, 0) is 11.2 Å². The molecule has 6 rings (SSSR count). The van der Waals surface area contributed by atoms with Gasteiger partial charge in [0.25, 0.3) is 0 Å². The van der Waals surface area contributed by atoms with Crippen molar-refractivity contribution in [3.63, 3.8) is 0 Å². The second-order valence-electron chi connectivity index (χ2n) is 8.93. The lowest BCUT2D eigenvalue weighted by Gasteiger charge is -2.49. The number of nitrogens with zero attached hydrogens (tertiary/aromatic N) is 2. The van der Waals surface area contributed by atoms with Gasteiger partial charge in [0.1, 0.15) is 11.5 Å². The summed E-state index contributed by atoms with van der Waals surface area (Å²) in [5, 5.41) is 7.04. The molecule has 0 N–H and O–H groups in total. The van der Waals surface area contributed by atoms with E-state index in [2.05, 4.69) is 22.0 Å². The van der Waals surface area contributed by atoms with E-state index in [0.717, 1.165) is 38.4 Å². The first-order valence-corrected chi connectivity index (χ1v) is 12.0. The summed E-state index contributed by atoms with van der Waals surface area (Å²) < 4.78 is 18.9. The molecule has 3 atom stereocenters. The summed E-state index contributed by atoms with van der Waals surface area (Å²) >= 11 is 3.60. The number of benzene rings is 3. The van der Waals surface area contributed by atoms with Gasteiger partial charge in [-0.05, 0) is 59.7 Å². The molecule has 172 valence electrons. The zero-order valence-electron chi connectivity index (χ0n) is 18.8. The molecule has 0 fully saturated rings. The van der Waals surface area contributed by atoms with Crippen LogP contribution in [0.25, 0.3) is 0 Å². The Morgan fingerprint density at radius 3 is 2.68 bits per heavy atom. The number of cyclic esters (lactones) is 1. The predicted molar refractivity (Wildman–Crippen MR) is 131 cm³/mol. The van der Waals surface area contributed by atoms with Crippen LogP contribution in [0.5, 0.6) is 11.5 Å². The first kappa shape index (κ1) is 21.2. The minimum Gasteiger partial charge on any atom is -0.497 e. The first-order chi connectivity index (χ1) is 16.5. The Kier molecular flexibility index (Phi) is 4.92. The van der Waals surface area contributed by atoms with E-state index in [9.17, 15) is 4.79 Å². The average Bonchev–Trinajstić information content (AvgIpc) is 3.32. The number of hydrazone groups is 1. The van der Waals surface area contributed by atoms with E-state index in [1.165, 1.54) is 0 Å². The summed E-state index contributed by atoms with van der Waals surface area (Å²) in [4.78, 5) is 12.9. The van der Waals surface area contributed by atoms with Crippen molar-refractivity contribution in [2.45, 2.75) is 37.6 Å². The summed E-state index contributed by atoms with van der Waals surface area (Å²) in [6, 6.07) is 21.5. The van der Waals surface area contributed by atoms with E-state index in [1.807, 2.05) is 72.6 Å². The van der Waals surface area contributed by atoms with Crippen LogP contribution in [-0.4, -0.2) is 35.6 Å². The second-order valence-corrected chi connectivity index (χ2v) is 9.85. The van der Waals surface area contributed by atoms with Crippen LogP contribution in [0.2, 0.25) is 0 Å². The van der Waals surface area contributed by atoms with Crippen LogP contribution in [0.4, 0.5) is 0 Å². The lowest BCUT2D eigenvalue weighted by Crippen LogP contribution is -2.61. The highest BCUT2D eigenvalue weighted by Gasteiger charge is 2.54. The Balaban J connectivity index is 1.43. The van der Waals surface area contributed by atoms with Crippen LogP contribution in [0.3, 0.4) is 0 Å². The van der Waals surface area contributed by atoms with E-state index < -0.39 is 11.8 Å². The highest BCUT2D eigenvalue weighted by atomic mass is 79.9. The molecule has 0 amide bonds. The van der Waals surface area contributed by atoms with Gasteiger partial charge in [0.2, 0.25) is 5.72 Å². The molecule has 6 nitrogen and oxygen atoms in total. The fourth-order valence-corrected chi connectivity index (χ4v) is 5.48. The third kappa shape index (κ3) is 3.29. The molecule has 34 heavy (non-hydrogen) atoms. The maximum Gasteiger partial charge on any atom is 0.338 e. The van der Waals surface area contributed by atoms with Gasteiger partial charge in [-0.2, -0.15) is 5.10 Å². The van der Waals surface area contributed by atoms with Gasteiger partial charge in [-0.1, -0.05) is 34.1 Å². The van der Waals surface area contributed by atoms with E-state index in [1.54, 1.807) is 7.11 Å². The fourth-order valence-electron chi connectivity index (χ4n) is 5.11. The number of hydrogen-bond donors (Lipinski definition) is 0. The lowest BCUT2D eigenvalue weighted by atomic mass is 9.89. The summed E-state index contributed by atoms with van der Waals surface area (Å²) in [5.74, 6) is 1.26. The second kappa shape index (κ2) is 7.87. The predicted octanol–water partition coefficient (Wildman–Crippen LogP) is 5.50. The van der Waals surface area contributed by atoms with Crippen molar-refractivity contribution in [1.82, 2.24) is 5.01 Å². The van der Waals surface area contributed by atoms with Gasteiger partial charge < -0.3 is 14.2 Å². The van der Waals surface area contributed by atoms with Crippen molar-refractivity contribution < 1.29 is 19.0 Å². The molecule has 7 heteroatoms. The Labute approximate surface area is 206 Å². The van der Waals surface area contributed by atoms with Crippen LogP contribution in [0.15, 0.2) is 76.3 Å². The molecule has 3 aliphatic heterocycles. The first-order valence-electron chi connectivity index (χ1n) is 11.2. The standard InChI is InChI=1S/C27H23BrN2O4/c1-27(25-13-17-5-3-4-6-20(17)26(31)33-25)30-23(21-14-18(28)9-12-24(21)34-27)15-22(29-30)16-7-10-19(32-2)11-8-16/h3-12,14,23,25H,13,15H2,1-2H3/t23-,25-,27-/m1/s1. The van der Waals surface area contributed by atoms with Crippen LogP contribution >= 0.6 is 15.9 Å². The van der Waals surface area contributed by atoms with Gasteiger partial charge in [-0.25, -0.2) is 9.80 Å². The monoisotopic (exact) mass is 518 g/mol. The smallest absolute Gasteiger partial charge is 0.338 e. The highest BCUT2D eigenvalue weighted by molar-refractivity contribution is 9.10. The Bertz CT molecular complexity index is 1320. The van der Waals surface area contributed by atoms with Crippen molar-refractivity contribution in [2.24, 2.45) is 5.10 Å². The molecular weight excluding hydrogens is 496 g/mol. The Morgan fingerprint density at radius 1 is 1.09 bits per heavy atom. The molecule has 3 heterocycles. The van der Waals surface area contributed by atoms with E-state index in [4.69, 9.17) is 19.3 Å². The van der Waals surface area contributed by atoms with Crippen molar-refractivity contribution in [3.05, 3.63) is 93.5 Å². The maximum absolute atomic E-state index is 12.9. The molecule has 0 unspecified atom stereocenters. The maximum atomic E-state index is 12.9. The largest absolute Gasteiger partial charge is 0.497 e. The number of ether oxygens (including phenoxy) is 3. The molecule has 0 bridgehead atoms. The molecular formula is C27H23BrN2O4. The molecule has 3 aromatic rings. The minimum absolute atomic E-state index is 0.0424. The number of hydrogen-bond acceptors (Lipinski definition) is 6. The molecule has 3 aromatic carbocycles. The van der Waals surface area contributed by atoms with Crippen LogP contribution in [0, 0.1) is 0 Å². The van der Waals surface area contributed by atoms with Gasteiger partial charge in [0.05, 0.1) is 24.4 Å². The van der Waals surface area contributed by atoms with Gasteiger partial charge in [0, 0.05) is 29.8 Å². The number of esters is 1. The molecule has 0 aromatic heterocycles. The molecule has 0 aliphatic carbocycles. The van der Waals surface area contributed by atoms with E-state index in [-0.39, 0.29) is 12.0 Å². The summed E-state index contributed by atoms with van der Waals surface area (Å²) in [7, 11) is 1.66. The third-order valence-electron chi connectivity index (χ3n) is 6.93. The number of halogens is 1. The SMILES string of the molecule is COc1ccc(C2=NN3[C@H](C2)c2cc(Br)ccc2O[C@]3(C)[C@H]2Cc3ccccc3C(=O)O2)cc1. The van der Waals surface area contributed by atoms with Crippen molar-refractivity contribution in [3.8, 4) is 11.5 Å². The lowest BCUT2D eigenvalue weighted by molar-refractivity contribution is -0.175. The molecule has 0 radical (unpaired) electrons. The Hall–Kier alpha value is -3.32. The van der Waals surface area contributed by atoms with Gasteiger partial charge in [0.15, 0.2) is 6.10 Å². The number of carbonyl (C=O) groups is 1. The fraction of sp³-hybridized carbons (Fsp3) is 0.259. The van der Waals surface area contributed by atoms with Crippen LogP contribution in [0.1, 0.15) is 46.4 Å². The molecule has 0 saturated carbocycles. The summed E-state index contributed by atoms with van der Waals surface area (Å²) in [5.41, 5.74) is 3.65. The molecule has 0 spiro atoms. The van der Waals surface area contributed by atoms with E-state index >= 15 is 0 Å². The molecule has 3 aliphatic rings. The van der Waals surface area contributed by atoms with Gasteiger partial charge in [-0.3, -0.25) is 0 Å². The third-order valence-corrected chi connectivity index (χ3v) is 7.42. The van der Waals surface area contributed by atoms with Crippen molar-refractivity contribution >= 4 is 27.6 Å². The summed E-state index contributed by atoms with van der Waals surface area (Å²) in [6.45, 7) is 1.97. The number of carbonyl (C=O) groups excluding carboxylic acids is 1. The van der Waals surface area contributed by atoms with Gasteiger partial charge >= 0.3 is 5.97 Å². The van der Waals surface area contributed by atoms with E-state index in [0.29, 0.717) is 18.4 Å². The van der Waals surface area contributed by atoms with Crippen molar-refractivity contribution in [1.29, 1.82) is 0 Å². The van der Waals surface area contributed by atoms with Crippen molar-refractivity contribution in [2.75, 3.05) is 7.11 Å². The Morgan fingerprint density at radius 2 is 1.88 bits per heavy atom. The number of methoxy groups -OCH3 is 1. The van der Waals surface area contributed by atoms with Gasteiger partial charge in [-0.15, -0.1) is 0 Å². The van der Waals surface area contributed by atoms with Crippen LogP contribution < -0.4 is 9.47 Å². The number of rotatable bonds is 3. The zero-order valence-corrected chi connectivity index (χ0v) is 20.4. The number of fused-ring (bicyclic) bond motifs is 4. The summed E-state index contributed by atoms with van der Waals surface area (Å²) in [6.07, 6.45) is 0.750. The average molecular weight is 519 g/mol. The molecule has 0 saturated heterocycles. The topological polar surface area (TPSA) is 60.4 Å². The quantitative estimate of drug-likeness (QED) is 0.428. The normalized spacial score (nSPS) is 24.9.